The van der Waals surface area contributed by atoms with Crippen molar-refractivity contribution in [3.05, 3.63) is 70.3 Å². The fourth-order valence-corrected chi connectivity index (χ4v) is 3.42. The molecule has 7 nitrogen and oxygen atoms in total. The fraction of sp³-hybridized carbons (Fsp3) is 0.0667. The van der Waals surface area contributed by atoms with Crippen LogP contribution < -0.4 is 5.43 Å². The second-order valence-electron chi connectivity index (χ2n) is 4.99. The van der Waals surface area contributed by atoms with Crippen LogP contribution in [-0.2, 0) is 0 Å². The van der Waals surface area contributed by atoms with Crippen molar-refractivity contribution in [2.75, 3.05) is 5.43 Å². The summed E-state index contributed by atoms with van der Waals surface area (Å²) in [6, 6.07) is 16.4. The average Bonchev–Trinajstić information content (AvgIpc) is 3.16. The van der Waals surface area contributed by atoms with Crippen molar-refractivity contribution in [2.24, 2.45) is 0 Å². The highest BCUT2D eigenvalue weighted by molar-refractivity contribution is 7.99. The third kappa shape index (κ3) is 2.42. The van der Waals surface area contributed by atoms with E-state index in [-0.39, 0.29) is 11.1 Å². The largest absolute Gasteiger partial charge is 0.304 e. The van der Waals surface area contributed by atoms with E-state index in [1.807, 2.05) is 30.3 Å². The molecule has 0 spiro atoms. The lowest BCUT2D eigenvalue weighted by Gasteiger charge is -2.11. The van der Waals surface area contributed by atoms with Crippen LogP contribution in [0.15, 0.2) is 59.8 Å². The van der Waals surface area contributed by atoms with Crippen LogP contribution in [0, 0.1) is 10.1 Å². The van der Waals surface area contributed by atoms with Gasteiger partial charge in [0.1, 0.15) is 5.37 Å². The Balaban J connectivity index is 1.68. The van der Waals surface area contributed by atoms with Crippen LogP contribution in [0.25, 0.3) is 11.4 Å². The van der Waals surface area contributed by atoms with Gasteiger partial charge in [-0.3, -0.25) is 10.1 Å². The van der Waals surface area contributed by atoms with E-state index in [2.05, 4.69) is 15.6 Å². The number of nitrogens with zero attached hydrogens (tertiary/aromatic N) is 4. The Morgan fingerprint density at radius 3 is 2.74 bits per heavy atom. The summed E-state index contributed by atoms with van der Waals surface area (Å²) in [6.07, 6.45) is 0. The average molecular weight is 325 g/mol. The molecule has 0 saturated heterocycles. The van der Waals surface area contributed by atoms with Gasteiger partial charge in [-0.2, -0.15) is 0 Å². The summed E-state index contributed by atoms with van der Waals surface area (Å²) < 4.78 is 1.78. The molecule has 4 rings (SSSR count). The molecule has 3 aromatic rings. The predicted octanol–water partition coefficient (Wildman–Crippen LogP) is 3.20. The van der Waals surface area contributed by atoms with Gasteiger partial charge in [-0.25, -0.2) is 4.68 Å². The number of hydrogen-bond acceptors (Lipinski definition) is 6. The molecule has 2 heterocycles. The molecule has 8 heteroatoms. The standard InChI is InChI=1S/C15H11N5O2S/c21-20(22)12-8-4-7-11(9-12)13-16-17-15-19(13)18-14(23-15)10-5-2-1-3-6-10/h1-9,14,18H. The van der Waals surface area contributed by atoms with Gasteiger partial charge in [0.15, 0.2) is 5.82 Å². The smallest absolute Gasteiger partial charge is 0.270 e. The summed E-state index contributed by atoms with van der Waals surface area (Å²) in [7, 11) is 0. The Hall–Kier alpha value is -2.87. The van der Waals surface area contributed by atoms with E-state index >= 15 is 0 Å². The number of nitro groups is 1. The molecule has 0 fully saturated rings. The number of fused-ring (bicyclic) bond motifs is 1. The summed E-state index contributed by atoms with van der Waals surface area (Å²) in [5.41, 5.74) is 5.15. The zero-order chi connectivity index (χ0) is 15.8. The zero-order valence-electron chi connectivity index (χ0n) is 11.8. The van der Waals surface area contributed by atoms with Crippen molar-refractivity contribution in [1.82, 2.24) is 14.9 Å². The molecule has 1 aromatic heterocycles. The van der Waals surface area contributed by atoms with Gasteiger partial charge >= 0.3 is 0 Å². The molecule has 1 unspecified atom stereocenters. The second-order valence-corrected chi connectivity index (χ2v) is 6.06. The predicted molar refractivity (Wildman–Crippen MR) is 86.5 cm³/mol. The van der Waals surface area contributed by atoms with E-state index in [4.69, 9.17) is 0 Å². The van der Waals surface area contributed by atoms with Gasteiger partial charge in [-0.05, 0) is 5.56 Å². The number of non-ortho nitro benzene ring substituents is 1. The Morgan fingerprint density at radius 2 is 1.96 bits per heavy atom. The van der Waals surface area contributed by atoms with E-state index in [0.29, 0.717) is 11.4 Å². The first kappa shape index (κ1) is 13.8. The number of benzene rings is 2. The van der Waals surface area contributed by atoms with E-state index < -0.39 is 4.92 Å². The number of nitro benzene ring substituents is 1. The normalized spacial score (nSPS) is 15.9. The molecule has 0 aliphatic carbocycles. The molecular weight excluding hydrogens is 314 g/mol. The summed E-state index contributed by atoms with van der Waals surface area (Å²) >= 11 is 1.56. The van der Waals surface area contributed by atoms with Crippen LogP contribution in [0.4, 0.5) is 5.69 Å². The van der Waals surface area contributed by atoms with E-state index in [0.717, 1.165) is 10.7 Å². The first-order valence-electron chi connectivity index (χ1n) is 6.91. The highest BCUT2D eigenvalue weighted by atomic mass is 32.2. The molecule has 23 heavy (non-hydrogen) atoms. The van der Waals surface area contributed by atoms with Crippen LogP contribution in [0.5, 0.6) is 0 Å². The topological polar surface area (TPSA) is 85.9 Å². The maximum absolute atomic E-state index is 10.9. The van der Waals surface area contributed by atoms with Crippen LogP contribution >= 0.6 is 11.8 Å². The van der Waals surface area contributed by atoms with Gasteiger partial charge in [0, 0.05) is 17.7 Å². The van der Waals surface area contributed by atoms with Gasteiger partial charge in [0.2, 0.25) is 5.16 Å². The summed E-state index contributed by atoms with van der Waals surface area (Å²) in [5.74, 6) is 0.564. The summed E-state index contributed by atoms with van der Waals surface area (Å²) in [5, 5.41) is 20.0. The molecule has 0 amide bonds. The third-order valence-electron chi connectivity index (χ3n) is 3.52. The lowest BCUT2D eigenvalue weighted by atomic mass is 10.2. The number of rotatable bonds is 3. The van der Waals surface area contributed by atoms with Gasteiger partial charge in [-0.1, -0.05) is 54.2 Å². The van der Waals surface area contributed by atoms with Crippen molar-refractivity contribution in [1.29, 1.82) is 0 Å². The van der Waals surface area contributed by atoms with Crippen molar-refractivity contribution in [2.45, 2.75) is 10.5 Å². The molecule has 0 saturated carbocycles. The molecule has 1 N–H and O–H groups in total. The lowest BCUT2D eigenvalue weighted by Crippen LogP contribution is -2.13. The molecule has 1 aliphatic rings. The Kier molecular flexibility index (Phi) is 3.23. The second kappa shape index (κ2) is 5.40. The summed E-state index contributed by atoms with van der Waals surface area (Å²) in [4.78, 5) is 10.5. The minimum Gasteiger partial charge on any atom is -0.304 e. The van der Waals surface area contributed by atoms with Crippen LogP contribution in [-0.4, -0.2) is 19.8 Å². The van der Waals surface area contributed by atoms with Crippen LogP contribution in [0.2, 0.25) is 0 Å². The number of nitrogens with one attached hydrogen (secondary N) is 1. The Labute approximate surface area is 135 Å². The highest BCUT2D eigenvalue weighted by Crippen LogP contribution is 2.40. The number of aromatic nitrogens is 3. The zero-order valence-corrected chi connectivity index (χ0v) is 12.6. The van der Waals surface area contributed by atoms with Crippen molar-refractivity contribution < 1.29 is 4.92 Å². The van der Waals surface area contributed by atoms with Crippen molar-refractivity contribution in [3.63, 3.8) is 0 Å². The molecule has 0 bridgehead atoms. The molecule has 1 atom stereocenters. The van der Waals surface area contributed by atoms with E-state index in [9.17, 15) is 10.1 Å². The minimum absolute atomic E-state index is 0.0325. The molecular formula is C15H11N5O2S. The maximum Gasteiger partial charge on any atom is 0.270 e. The van der Waals surface area contributed by atoms with E-state index in [1.165, 1.54) is 12.1 Å². The third-order valence-corrected chi connectivity index (χ3v) is 4.61. The fourth-order valence-electron chi connectivity index (χ4n) is 2.43. The number of hydrogen-bond donors (Lipinski definition) is 1. The summed E-state index contributed by atoms with van der Waals surface area (Å²) in [6.45, 7) is 0. The van der Waals surface area contributed by atoms with Gasteiger partial charge in [0.05, 0.1) is 4.92 Å². The van der Waals surface area contributed by atoms with Gasteiger partial charge in [0.25, 0.3) is 5.69 Å². The van der Waals surface area contributed by atoms with Crippen molar-refractivity contribution >= 4 is 17.4 Å². The maximum atomic E-state index is 10.9. The monoisotopic (exact) mass is 325 g/mol. The van der Waals surface area contributed by atoms with Crippen LogP contribution in [0.3, 0.4) is 0 Å². The van der Waals surface area contributed by atoms with Gasteiger partial charge in [-0.15, -0.1) is 10.2 Å². The molecule has 0 radical (unpaired) electrons. The van der Waals surface area contributed by atoms with E-state index in [1.54, 1.807) is 28.6 Å². The molecule has 114 valence electrons. The first-order chi connectivity index (χ1) is 11.2. The first-order valence-corrected chi connectivity index (χ1v) is 7.79. The minimum atomic E-state index is -0.417. The Morgan fingerprint density at radius 1 is 1.13 bits per heavy atom. The highest BCUT2D eigenvalue weighted by Gasteiger charge is 2.28. The van der Waals surface area contributed by atoms with Gasteiger partial charge < -0.3 is 5.43 Å². The van der Waals surface area contributed by atoms with Crippen LogP contribution in [0.1, 0.15) is 10.9 Å². The SMILES string of the molecule is O=[N+]([O-])c1cccc(-c2nnc3n2NC(c2ccccc2)S3)c1. The quantitative estimate of drug-likeness (QED) is 0.588. The molecule has 1 aliphatic heterocycles. The van der Waals surface area contributed by atoms with Crippen molar-refractivity contribution in [3.8, 4) is 11.4 Å². The number of thioether (sulfide) groups is 1. The molecule has 2 aromatic carbocycles. The lowest BCUT2D eigenvalue weighted by molar-refractivity contribution is -0.384. The Bertz CT molecular complexity index is 881.